The van der Waals surface area contributed by atoms with E-state index in [0.717, 1.165) is 82.4 Å². The van der Waals surface area contributed by atoms with E-state index < -0.39 is 0 Å². The quantitative estimate of drug-likeness (QED) is 0.299. The molecule has 32 heavy (non-hydrogen) atoms. The molecule has 0 unspecified atom stereocenters. The van der Waals surface area contributed by atoms with Crippen LogP contribution < -0.4 is 15.4 Å². The van der Waals surface area contributed by atoms with Crippen LogP contribution in [0.15, 0.2) is 52.1 Å². The third-order valence-electron chi connectivity index (χ3n) is 5.82. The van der Waals surface area contributed by atoms with Gasteiger partial charge in [0.25, 0.3) is 0 Å². The molecule has 0 bridgehead atoms. The van der Waals surface area contributed by atoms with Crippen LogP contribution >= 0.6 is 0 Å². The lowest BCUT2D eigenvalue weighted by Crippen LogP contribution is -2.49. The van der Waals surface area contributed by atoms with Crippen LogP contribution in [0.3, 0.4) is 0 Å². The molecule has 1 aliphatic heterocycles. The van der Waals surface area contributed by atoms with E-state index in [1.807, 2.05) is 24.3 Å². The summed E-state index contributed by atoms with van der Waals surface area (Å²) in [7, 11) is 3.46. The lowest BCUT2D eigenvalue weighted by Gasteiger charge is -2.33. The average Bonchev–Trinajstić information content (AvgIpc) is 3.34. The number of benzene rings is 1. The Kier molecular flexibility index (Phi) is 10.4. The molecule has 1 fully saturated rings. The minimum Gasteiger partial charge on any atom is -0.497 e. The number of likely N-dealkylation sites (tertiary alicyclic amines) is 1. The van der Waals surface area contributed by atoms with Crippen molar-refractivity contribution < 1.29 is 13.9 Å². The zero-order valence-corrected chi connectivity index (χ0v) is 19.5. The van der Waals surface area contributed by atoms with Crippen LogP contribution in [0.25, 0.3) is 0 Å². The number of rotatable bonds is 12. The average molecular weight is 443 g/mol. The maximum atomic E-state index is 5.44. The van der Waals surface area contributed by atoms with Crippen LogP contribution in [-0.2, 0) is 17.6 Å². The Balaban J connectivity index is 1.47. The Morgan fingerprint density at radius 2 is 1.94 bits per heavy atom. The van der Waals surface area contributed by atoms with Crippen LogP contribution in [0.2, 0.25) is 0 Å². The Hall–Kier alpha value is -2.51. The van der Waals surface area contributed by atoms with E-state index in [4.69, 9.17) is 18.9 Å². The minimum atomic E-state index is 0.449. The predicted octanol–water partition coefficient (Wildman–Crippen LogP) is 3.11. The van der Waals surface area contributed by atoms with Gasteiger partial charge in [-0.2, -0.15) is 0 Å². The third-order valence-corrected chi connectivity index (χ3v) is 5.82. The van der Waals surface area contributed by atoms with E-state index >= 15 is 0 Å². The van der Waals surface area contributed by atoms with Gasteiger partial charge in [-0.1, -0.05) is 12.1 Å². The van der Waals surface area contributed by atoms with Crippen LogP contribution in [0, 0.1) is 0 Å². The molecule has 7 heteroatoms. The zero-order chi connectivity index (χ0) is 22.4. The lowest BCUT2D eigenvalue weighted by molar-refractivity contribution is 0.155. The van der Waals surface area contributed by atoms with Crippen LogP contribution in [-0.4, -0.2) is 70.5 Å². The first-order valence-electron chi connectivity index (χ1n) is 11.7. The monoisotopic (exact) mass is 442 g/mol. The summed E-state index contributed by atoms with van der Waals surface area (Å²) in [6.07, 6.45) is 6.80. The molecule has 2 heterocycles. The normalized spacial score (nSPS) is 15.6. The second-order valence-corrected chi connectivity index (χ2v) is 8.19. The highest BCUT2D eigenvalue weighted by Gasteiger charge is 2.19. The molecule has 2 N–H and O–H groups in total. The van der Waals surface area contributed by atoms with Crippen molar-refractivity contribution in [2.75, 3.05) is 53.6 Å². The van der Waals surface area contributed by atoms with Crippen molar-refractivity contribution in [3.8, 4) is 5.75 Å². The van der Waals surface area contributed by atoms with Crippen molar-refractivity contribution in [3.05, 3.63) is 54.0 Å². The molecule has 1 aliphatic rings. The summed E-state index contributed by atoms with van der Waals surface area (Å²) in [6, 6.07) is 12.6. The zero-order valence-electron chi connectivity index (χ0n) is 19.5. The second kappa shape index (κ2) is 13.8. The van der Waals surface area contributed by atoms with Crippen molar-refractivity contribution >= 4 is 5.96 Å². The number of guanidine groups is 1. The molecule has 7 nitrogen and oxygen atoms in total. The van der Waals surface area contributed by atoms with Crippen molar-refractivity contribution in [2.24, 2.45) is 4.99 Å². The van der Waals surface area contributed by atoms with Crippen molar-refractivity contribution in [1.29, 1.82) is 0 Å². The molecule has 176 valence electrons. The summed E-state index contributed by atoms with van der Waals surface area (Å²) >= 11 is 0. The SMILES string of the molecule is COCCCN1CCC(NC(=NCCc2ccco2)NCCc2ccc(OC)cc2)CC1. The molecule has 0 atom stereocenters. The maximum absolute atomic E-state index is 5.44. The highest BCUT2D eigenvalue weighted by Crippen LogP contribution is 2.12. The fraction of sp³-hybridized carbons (Fsp3) is 0.560. The van der Waals surface area contributed by atoms with E-state index in [0.29, 0.717) is 12.6 Å². The van der Waals surface area contributed by atoms with Gasteiger partial charge in [-0.15, -0.1) is 0 Å². The molecule has 0 aliphatic carbocycles. The fourth-order valence-electron chi connectivity index (χ4n) is 3.93. The molecule has 3 rings (SSSR count). The summed E-state index contributed by atoms with van der Waals surface area (Å²) in [5, 5.41) is 7.19. The molecule has 1 saturated heterocycles. The molecule has 0 spiro atoms. The number of ether oxygens (including phenoxy) is 2. The Bertz CT molecular complexity index is 769. The molecule has 0 radical (unpaired) electrons. The Morgan fingerprint density at radius 1 is 1.12 bits per heavy atom. The molecule has 0 amide bonds. The number of nitrogens with zero attached hydrogens (tertiary/aromatic N) is 2. The maximum Gasteiger partial charge on any atom is 0.191 e. The summed E-state index contributed by atoms with van der Waals surface area (Å²) in [5.41, 5.74) is 1.28. The molecule has 2 aromatic rings. The molecular formula is C25H38N4O3. The van der Waals surface area contributed by atoms with Gasteiger partial charge in [-0.3, -0.25) is 4.99 Å². The summed E-state index contributed by atoms with van der Waals surface area (Å²) in [4.78, 5) is 7.35. The van der Waals surface area contributed by atoms with Gasteiger partial charge in [0.15, 0.2) is 5.96 Å². The molecule has 1 aromatic heterocycles. The van der Waals surface area contributed by atoms with Gasteiger partial charge in [0.2, 0.25) is 0 Å². The van der Waals surface area contributed by atoms with E-state index in [1.54, 1.807) is 20.5 Å². The van der Waals surface area contributed by atoms with Gasteiger partial charge in [0.05, 0.1) is 13.4 Å². The lowest BCUT2D eigenvalue weighted by atomic mass is 10.1. The Labute approximate surface area is 192 Å². The third kappa shape index (κ3) is 8.55. The van der Waals surface area contributed by atoms with Crippen molar-refractivity contribution in [2.45, 2.75) is 38.1 Å². The minimum absolute atomic E-state index is 0.449. The number of furan rings is 1. The van der Waals surface area contributed by atoms with Crippen molar-refractivity contribution in [1.82, 2.24) is 15.5 Å². The summed E-state index contributed by atoms with van der Waals surface area (Å²) in [6.45, 7) is 5.71. The van der Waals surface area contributed by atoms with Gasteiger partial charge in [0, 0.05) is 58.9 Å². The summed E-state index contributed by atoms with van der Waals surface area (Å²) in [5.74, 6) is 2.75. The number of aliphatic imine (C=N–C) groups is 1. The van der Waals surface area contributed by atoms with E-state index in [9.17, 15) is 0 Å². The van der Waals surface area contributed by atoms with Gasteiger partial charge < -0.3 is 29.4 Å². The van der Waals surface area contributed by atoms with Crippen LogP contribution in [0.4, 0.5) is 0 Å². The standard InChI is InChI=1S/C25H38N4O3/c1-30-19-4-16-29-17-12-22(13-18-29)28-25(27-15-11-24-5-3-20-32-24)26-14-10-21-6-8-23(31-2)9-7-21/h3,5-9,20,22H,4,10-19H2,1-2H3,(H2,26,27,28). The fourth-order valence-corrected chi connectivity index (χ4v) is 3.93. The molecule has 1 aromatic carbocycles. The highest BCUT2D eigenvalue weighted by molar-refractivity contribution is 5.80. The second-order valence-electron chi connectivity index (χ2n) is 8.19. The summed E-state index contributed by atoms with van der Waals surface area (Å²) < 4.78 is 15.9. The molecule has 0 saturated carbocycles. The van der Waals surface area contributed by atoms with Crippen molar-refractivity contribution in [3.63, 3.8) is 0 Å². The number of nitrogens with one attached hydrogen (secondary N) is 2. The number of methoxy groups -OCH3 is 2. The van der Waals surface area contributed by atoms with Gasteiger partial charge in [0.1, 0.15) is 11.5 Å². The van der Waals surface area contributed by atoms with Gasteiger partial charge in [-0.05, 0) is 55.5 Å². The number of piperidine rings is 1. The largest absolute Gasteiger partial charge is 0.497 e. The van der Waals surface area contributed by atoms with Crippen LogP contribution in [0.1, 0.15) is 30.6 Å². The number of hydrogen-bond acceptors (Lipinski definition) is 5. The van der Waals surface area contributed by atoms with Crippen LogP contribution in [0.5, 0.6) is 5.75 Å². The van der Waals surface area contributed by atoms with Gasteiger partial charge >= 0.3 is 0 Å². The Morgan fingerprint density at radius 3 is 2.62 bits per heavy atom. The first-order chi connectivity index (χ1) is 15.8. The topological polar surface area (TPSA) is 71.3 Å². The first kappa shape index (κ1) is 24.1. The van der Waals surface area contributed by atoms with E-state index in [1.165, 1.54) is 5.56 Å². The number of hydrogen-bond donors (Lipinski definition) is 2. The predicted molar refractivity (Wildman–Crippen MR) is 129 cm³/mol. The smallest absolute Gasteiger partial charge is 0.191 e. The van der Waals surface area contributed by atoms with Gasteiger partial charge in [-0.25, -0.2) is 0 Å². The van der Waals surface area contributed by atoms with E-state index in [-0.39, 0.29) is 0 Å². The molecular weight excluding hydrogens is 404 g/mol. The van der Waals surface area contributed by atoms with E-state index in [2.05, 4.69) is 27.7 Å². The first-order valence-corrected chi connectivity index (χ1v) is 11.7. The highest BCUT2D eigenvalue weighted by atomic mass is 16.5.